The van der Waals surface area contributed by atoms with Crippen LogP contribution in [0.2, 0.25) is 5.02 Å². The summed E-state index contributed by atoms with van der Waals surface area (Å²) in [6.07, 6.45) is 0. The highest BCUT2D eigenvalue weighted by Gasteiger charge is 2.26. The topological polar surface area (TPSA) is 71.7 Å². The van der Waals surface area contributed by atoms with E-state index < -0.39 is 0 Å². The van der Waals surface area contributed by atoms with Crippen molar-refractivity contribution < 1.29 is 14.1 Å². The number of piperazine rings is 1. The molecule has 7 nitrogen and oxygen atoms in total. The molecule has 0 bridgehead atoms. The number of carbonyl (C=O) groups excluding carboxylic acids is 1. The van der Waals surface area contributed by atoms with Gasteiger partial charge in [0.15, 0.2) is 5.82 Å². The summed E-state index contributed by atoms with van der Waals surface area (Å²) in [5, 5.41) is 4.62. The molecule has 1 aliphatic rings. The normalized spacial score (nSPS) is 15.8. The Morgan fingerprint density at radius 1 is 1.26 bits per heavy atom. The Bertz CT molecular complexity index is 808. The van der Waals surface area contributed by atoms with Crippen LogP contribution in [0.4, 0.5) is 0 Å². The first-order valence-corrected chi connectivity index (χ1v) is 9.34. The van der Waals surface area contributed by atoms with Gasteiger partial charge in [0.1, 0.15) is 5.75 Å². The van der Waals surface area contributed by atoms with Crippen LogP contribution < -0.4 is 4.74 Å². The van der Waals surface area contributed by atoms with Gasteiger partial charge in [0, 0.05) is 36.6 Å². The second kappa shape index (κ2) is 7.86. The van der Waals surface area contributed by atoms with Crippen molar-refractivity contribution in [2.45, 2.75) is 32.7 Å². The van der Waals surface area contributed by atoms with Crippen LogP contribution in [0.25, 0.3) is 0 Å². The molecule has 1 amide bonds. The van der Waals surface area contributed by atoms with Gasteiger partial charge in [-0.1, -0.05) is 37.5 Å². The number of nitrogens with zero attached hydrogens (tertiary/aromatic N) is 4. The molecule has 1 aromatic carbocycles. The molecule has 8 heteroatoms. The second-order valence-electron chi connectivity index (χ2n) is 7.68. The molecule has 146 valence electrons. The van der Waals surface area contributed by atoms with Crippen molar-refractivity contribution in [2.24, 2.45) is 0 Å². The van der Waals surface area contributed by atoms with Gasteiger partial charge in [0.05, 0.1) is 19.2 Å². The number of rotatable bonds is 4. The van der Waals surface area contributed by atoms with Gasteiger partial charge in [-0.15, -0.1) is 0 Å². The molecule has 27 heavy (non-hydrogen) atoms. The largest absolute Gasteiger partial charge is 0.496 e. The van der Waals surface area contributed by atoms with Gasteiger partial charge in [-0.25, -0.2) is 0 Å². The van der Waals surface area contributed by atoms with Gasteiger partial charge in [0.25, 0.3) is 5.91 Å². The molecule has 0 spiro atoms. The van der Waals surface area contributed by atoms with Crippen molar-refractivity contribution in [3.63, 3.8) is 0 Å². The first-order chi connectivity index (χ1) is 12.8. The quantitative estimate of drug-likeness (QED) is 0.796. The van der Waals surface area contributed by atoms with E-state index in [0.717, 1.165) is 13.1 Å². The SMILES string of the molecule is COc1cc(Cl)ccc1C(=O)N1CCN(Cc2noc(C(C)(C)C)n2)CC1. The van der Waals surface area contributed by atoms with Crippen LogP contribution in [0, 0.1) is 0 Å². The van der Waals surface area contributed by atoms with E-state index in [1.54, 1.807) is 18.2 Å². The third-order valence-corrected chi connectivity index (χ3v) is 4.76. The second-order valence-corrected chi connectivity index (χ2v) is 8.12. The lowest BCUT2D eigenvalue weighted by Gasteiger charge is -2.34. The Hall–Kier alpha value is -2.12. The Balaban J connectivity index is 1.59. The maximum atomic E-state index is 12.8. The molecule has 1 fully saturated rings. The summed E-state index contributed by atoms with van der Waals surface area (Å²) < 4.78 is 10.6. The fourth-order valence-electron chi connectivity index (χ4n) is 2.94. The van der Waals surface area contributed by atoms with Crippen LogP contribution in [0.15, 0.2) is 22.7 Å². The molecule has 0 radical (unpaired) electrons. The van der Waals surface area contributed by atoms with E-state index in [0.29, 0.717) is 47.7 Å². The van der Waals surface area contributed by atoms with E-state index in [9.17, 15) is 4.79 Å². The first kappa shape index (κ1) is 19.6. The predicted molar refractivity (Wildman–Crippen MR) is 102 cm³/mol. The zero-order valence-electron chi connectivity index (χ0n) is 16.2. The molecular formula is C19H25ClN4O3. The van der Waals surface area contributed by atoms with Gasteiger partial charge >= 0.3 is 0 Å². The van der Waals surface area contributed by atoms with E-state index in [1.807, 2.05) is 25.7 Å². The number of ether oxygens (including phenoxy) is 1. The molecular weight excluding hydrogens is 368 g/mol. The number of amides is 1. The molecule has 0 aliphatic carbocycles. The molecule has 3 rings (SSSR count). The molecule has 2 heterocycles. The molecule has 0 saturated carbocycles. The van der Waals surface area contributed by atoms with Gasteiger partial charge in [-0.05, 0) is 18.2 Å². The van der Waals surface area contributed by atoms with E-state index in [2.05, 4.69) is 15.0 Å². The fraction of sp³-hybridized carbons (Fsp3) is 0.526. The third kappa shape index (κ3) is 4.59. The molecule has 1 saturated heterocycles. The first-order valence-electron chi connectivity index (χ1n) is 8.96. The summed E-state index contributed by atoms with van der Waals surface area (Å²) in [5.41, 5.74) is 0.372. The maximum absolute atomic E-state index is 12.8. The van der Waals surface area contributed by atoms with Crippen molar-refractivity contribution in [1.82, 2.24) is 19.9 Å². The number of halogens is 1. The van der Waals surface area contributed by atoms with Crippen LogP contribution in [-0.2, 0) is 12.0 Å². The summed E-state index contributed by atoms with van der Waals surface area (Å²) in [4.78, 5) is 21.3. The van der Waals surface area contributed by atoms with Crippen molar-refractivity contribution in [2.75, 3.05) is 33.3 Å². The summed E-state index contributed by atoms with van der Waals surface area (Å²) in [6, 6.07) is 5.08. The molecule has 0 unspecified atom stereocenters. The summed E-state index contributed by atoms with van der Waals surface area (Å²) in [7, 11) is 1.54. The molecule has 0 N–H and O–H groups in total. The third-order valence-electron chi connectivity index (χ3n) is 4.53. The van der Waals surface area contributed by atoms with E-state index >= 15 is 0 Å². The zero-order valence-corrected chi connectivity index (χ0v) is 16.9. The van der Waals surface area contributed by atoms with Crippen molar-refractivity contribution in [1.29, 1.82) is 0 Å². The summed E-state index contributed by atoms with van der Waals surface area (Å²) in [5.74, 6) is 1.77. The van der Waals surface area contributed by atoms with Crippen molar-refractivity contribution in [3.8, 4) is 5.75 Å². The highest BCUT2D eigenvalue weighted by atomic mass is 35.5. The smallest absolute Gasteiger partial charge is 0.257 e. The Kier molecular flexibility index (Phi) is 5.72. The minimum absolute atomic E-state index is 0.0438. The number of methoxy groups -OCH3 is 1. The summed E-state index contributed by atoms with van der Waals surface area (Å²) >= 11 is 5.98. The maximum Gasteiger partial charge on any atom is 0.257 e. The predicted octanol–water partition coefficient (Wildman–Crippen LogP) is 2.99. The lowest BCUT2D eigenvalue weighted by Crippen LogP contribution is -2.48. The molecule has 2 aromatic rings. The van der Waals surface area contributed by atoms with Gasteiger partial charge in [-0.3, -0.25) is 9.69 Å². The van der Waals surface area contributed by atoms with Crippen LogP contribution in [0.3, 0.4) is 0 Å². The highest BCUT2D eigenvalue weighted by molar-refractivity contribution is 6.30. The van der Waals surface area contributed by atoms with Crippen LogP contribution >= 0.6 is 11.6 Å². The van der Waals surface area contributed by atoms with Crippen LogP contribution in [-0.4, -0.2) is 59.1 Å². The van der Waals surface area contributed by atoms with Crippen molar-refractivity contribution >= 4 is 17.5 Å². The van der Waals surface area contributed by atoms with E-state index in [1.165, 1.54) is 7.11 Å². The minimum atomic E-state index is -0.159. The number of carbonyl (C=O) groups is 1. The van der Waals surface area contributed by atoms with E-state index in [-0.39, 0.29) is 11.3 Å². The zero-order chi connectivity index (χ0) is 19.6. The highest BCUT2D eigenvalue weighted by Crippen LogP contribution is 2.25. The molecule has 1 aromatic heterocycles. The number of hydrogen-bond donors (Lipinski definition) is 0. The van der Waals surface area contributed by atoms with Crippen molar-refractivity contribution in [3.05, 3.63) is 40.5 Å². The minimum Gasteiger partial charge on any atom is -0.496 e. The van der Waals surface area contributed by atoms with Gasteiger partial charge < -0.3 is 14.2 Å². The monoisotopic (exact) mass is 392 g/mol. The average molecular weight is 393 g/mol. The number of hydrogen-bond acceptors (Lipinski definition) is 6. The molecule has 0 atom stereocenters. The average Bonchev–Trinajstić information content (AvgIpc) is 3.10. The lowest BCUT2D eigenvalue weighted by atomic mass is 9.97. The van der Waals surface area contributed by atoms with Crippen LogP contribution in [0.1, 0.15) is 42.8 Å². The summed E-state index contributed by atoms with van der Waals surface area (Å²) in [6.45, 7) is 9.51. The standard InChI is InChI=1S/C19H25ClN4O3/c1-19(2,3)18-21-16(22-27-18)12-23-7-9-24(10-8-23)17(25)14-6-5-13(20)11-15(14)26-4/h5-6,11H,7-10,12H2,1-4H3. The fourth-order valence-corrected chi connectivity index (χ4v) is 3.11. The van der Waals surface area contributed by atoms with Gasteiger partial charge in [0.2, 0.25) is 5.89 Å². The Morgan fingerprint density at radius 2 is 1.96 bits per heavy atom. The number of aromatic nitrogens is 2. The number of benzene rings is 1. The Morgan fingerprint density at radius 3 is 2.56 bits per heavy atom. The Labute approximate surface area is 164 Å². The van der Waals surface area contributed by atoms with Crippen LogP contribution in [0.5, 0.6) is 5.75 Å². The van der Waals surface area contributed by atoms with E-state index in [4.69, 9.17) is 20.9 Å². The molecule has 1 aliphatic heterocycles. The lowest BCUT2D eigenvalue weighted by molar-refractivity contribution is 0.0621. The van der Waals surface area contributed by atoms with Gasteiger partial charge in [-0.2, -0.15) is 4.98 Å².